The van der Waals surface area contributed by atoms with Crippen LogP contribution in [0.3, 0.4) is 0 Å². The summed E-state index contributed by atoms with van der Waals surface area (Å²) in [6.07, 6.45) is 1.46. The molecule has 0 saturated carbocycles. The average molecular weight is 427 g/mol. The van der Waals surface area contributed by atoms with Crippen molar-refractivity contribution in [2.75, 3.05) is 0 Å². The van der Waals surface area contributed by atoms with Crippen molar-refractivity contribution in [2.45, 2.75) is 6.92 Å². The molecule has 0 fully saturated rings. The first kappa shape index (κ1) is 20.6. The van der Waals surface area contributed by atoms with Crippen LogP contribution in [0.25, 0.3) is 0 Å². The van der Waals surface area contributed by atoms with Crippen molar-refractivity contribution >= 4 is 41.3 Å². The fourth-order valence-electron chi connectivity index (χ4n) is 2.49. The number of rotatable bonds is 5. The van der Waals surface area contributed by atoms with E-state index in [0.29, 0.717) is 21.9 Å². The normalized spacial score (nSPS) is 10.7. The van der Waals surface area contributed by atoms with E-state index in [1.165, 1.54) is 18.3 Å². The van der Waals surface area contributed by atoms with E-state index in [-0.39, 0.29) is 16.5 Å². The van der Waals surface area contributed by atoms with Crippen LogP contribution in [0.4, 0.5) is 0 Å². The fraction of sp³-hybridized carbons (Fsp3) is 0.0455. The number of amides is 1. The summed E-state index contributed by atoms with van der Waals surface area (Å²) in [4.78, 5) is 24.4. The molecule has 0 heterocycles. The first-order chi connectivity index (χ1) is 13.9. The van der Waals surface area contributed by atoms with Gasteiger partial charge < -0.3 is 4.74 Å². The Labute approximate surface area is 177 Å². The molecule has 0 saturated heterocycles. The van der Waals surface area contributed by atoms with E-state index in [1.54, 1.807) is 48.5 Å². The van der Waals surface area contributed by atoms with E-state index in [4.69, 9.17) is 27.9 Å². The van der Waals surface area contributed by atoms with Gasteiger partial charge in [-0.15, -0.1) is 0 Å². The SMILES string of the molecule is Cc1cccc(C(=O)NN=Cc2cccc(OC(=O)c3ccc(Cl)cc3Cl)c2)c1. The molecule has 3 aromatic rings. The molecule has 0 atom stereocenters. The van der Waals surface area contributed by atoms with Crippen molar-refractivity contribution in [3.05, 3.63) is 99.0 Å². The highest BCUT2D eigenvalue weighted by Crippen LogP contribution is 2.23. The average Bonchev–Trinajstić information content (AvgIpc) is 2.68. The number of hydrogen-bond donors (Lipinski definition) is 1. The van der Waals surface area contributed by atoms with Gasteiger partial charge in [0, 0.05) is 10.6 Å². The second-order valence-electron chi connectivity index (χ2n) is 6.15. The highest BCUT2D eigenvalue weighted by molar-refractivity contribution is 6.36. The predicted molar refractivity (Wildman–Crippen MR) is 114 cm³/mol. The van der Waals surface area contributed by atoms with Gasteiger partial charge in [0.2, 0.25) is 0 Å². The zero-order valence-electron chi connectivity index (χ0n) is 15.4. The number of carbonyl (C=O) groups is 2. The number of halogens is 2. The Bertz CT molecular complexity index is 1100. The Balaban J connectivity index is 1.65. The number of ether oxygens (including phenoxy) is 1. The molecule has 0 aliphatic heterocycles. The van der Waals surface area contributed by atoms with Crippen molar-refractivity contribution in [1.29, 1.82) is 0 Å². The van der Waals surface area contributed by atoms with Crippen LogP contribution >= 0.6 is 23.2 Å². The molecule has 0 aliphatic carbocycles. The van der Waals surface area contributed by atoms with Gasteiger partial charge in [0.05, 0.1) is 16.8 Å². The van der Waals surface area contributed by atoms with Gasteiger partial charge in [-0.3, -0.25) is 4.79 Å². The monoisotopic (exact) mass is 426 g/mol. The number of nitrogens with zero attached hydrogens (tertiary/aromatic N) is 1. The summed E-state index contributed by atoms with van der Waals surface area (Å²) in [5.74, 6) is -0.603. The molecule has 3 rings (SSSR count). The number of esters is 1. The lowest BCUT2D eigenvalue weighted by atomic mass is 10.1. The molecule has 1 N–H and O–H groups in total. The largest absolute Gasteiger partial charge is 0.423 e. The molecule has 1 amide bonds. The maximum absolute atomic E-state index is 12.3. The van der Waals surface area contributed by atoms with Crippen LogP contribution in [0, 0.1) is 6.92 Å². The van der Waals surface area contributed by atoms with Gasteiger partial charge in [-0.2, -0.15) is 5.10 Å². The van der Waals surface area contributed by atoms with Crippen LogP contribution in [-0.2, 0) is 0 Å². The summed E-state index contributed by atoms with van der Waals surface area (Å²) in [6.45, 7) is 1.91. The summed E-state index contributed by atoms with van der Waals surface area (Å²) >= 11 is 11.9. The van der Waals surface area contributed by atoms with Crippen molar-refractivity contribution in [1.82, 2.24) is 5.43 Å². The molecule has 0 radical (unpaired) electrons. The van der Waals surface area contributed by atoms with E-state index >= 15 is 0 Å². The molecule has 7 heteroatoms. The molecule has 0 spiro atoms. The smallest absolute Gasteiger partial charge is 0.345 e. The molecular weight excluding hydrogens is 411 g/mol. The number of benzene rings is 3. The number of hydrogen-bond acceptors (Lipinski definition) is 4. The van der Waals surface area contributed by atoms with Gasteiger partial charge in [0.25, 0.3) is 5.91 Å². The number of carbonyl (C=O) groups excluding carboxylic acids is 2. The van der Waals surface area contributed by atoms with E-state index in [0.717, 1.165) is 5.56 Å². The summed E-state index contributed by atoms with van der Waals surface area (Å²) in [7, 11) is 0. The Morgan fingerprint density at radius 2 is 1.79 bits per heavy atom. The molecule has 3 aromatic carbocycles. The predicted octanol–water partition coefficient (Wildman–Crippen LogP) is 5.28. The molecule has 0 aliphatic rings. The molecule has 0 bridgehead atoms. The lowest BCUT2D eigenvalue weighted by molar-refractivity contribution is 0.0734. The second kappa shape index (κ2) is 9.37. The van der Waals surface area contributed by atoms with Gasteiger partial charge in [-0.25, -0.2) is 10.2 Å². The summed E-state index contributed by atoms with van der Waals surface area (Å²) in [6, 6.07) is 18.4. The van der Waals surface area contributed by atoms with E-state index in [1.807, 2.05) is 13.0 Å². The van der Waals surface area contributed by atoms with Gasteiger partial charge in [0.15, 0.2) is 0 Å². The Hall–Kier alpha value is -3.15. The van der Waals surface area contributed by atoms with Crippen LogP contribution in [0.1, 0.15) is 31.8 Å². The summed E-state index contributed by atoms with van der Waals surface area (Å²) < 4.78 is 5.36. The van der Waals surface area contributed by atoms with Crippen molar-refractivity contribution in [3.8, 4) is 5.75 Å². The maximum Gasteiger partial charge on any atom is 0.345 e. The zero-order valence-corrected chi connectivity index (χ0v) is 16.9. The third-order valence-electron chi connectivity index (χ3n) is 3.88. The second-order valence-corrected chi connectivity index (χ2v) is 7.00. The van der Waals surface area contributed by atoms with E-state index in [2.05, 4.69) is 10.5 Å². The van der Waals surface area contributed by atoms with Crippen LogP contribution in [0.2, 0.25) is 10.0 Å². The van der Waals surface area contributed by atoms with Crippen molar-refractivity contribution in [2.24, 2.45) is 5.10 Å². The highest BCUT2D eigenvalue weighted by atomic mass is 35.5. The van der Waals surface area contributed by atoms with Crippen LogP contribution in [0.5, 0.6) is 5.75 Å². The van der Waals surface area contributed by atoms with Gasteiger partial charge in [-0.05, 0) is 55.0 Å². The minimum Gasteiger partial charge on any atom is -0.423 e. The summed E-state index contributed by atoms with van der Waals surface area (Å²) in [5.41, 5.74) is 4.82. The minimum absolute atomic E-state index is 0.207. The van der Waals surface area contributed by atoms with Gasteiger partial charge in [0.1, 0.15) is 5.75 Å². The Morgan fingerprint density at radius 1 is 1.00 bits per heavy atom. The third-order valence-corrected chi connectivity index (χ3v) is 4.43. The van der Waals surface area contributed by atoms with Gasteiger partial charge in [-0.1, -0.05) is 53.0 Å². The summed E-state index contributed by atoms with van der Waals surface area (Å²) in [5, 5.41) is 4.58. The lowest BCUT2D eigenvalue weighted by Gasteiger charge is -2.07. The van der Waals surface area contributed by atoms with Crippen molar-refractivity contribution < 1.29 is 14.3 Å². The van der Waals surface area contributed by atoms with Crippen LogP contribution in [0.15, 0.2) is 71.8 Å². The first-order valence-electron chi connectivity index (χ1n) is 8.60. The number of hydrazone groups is 1. The number of aryl methyl sites for hydroxylation is 1. The van der Waals surface area contributed by atoms with E-state index in [9.17, 15) is 9.59 Å². The maximum atomic E-state index is 12.3. The quantitative estimate of drug-likeness (QED) is 0.261. The van der Waals surface area contributed by atoms with Crippen LogP contribution < -0.4 is 10.2 Å². The molecule has 29 heavy (non-hydrogen) atoms. The highest BCUT2D eigenvalue weighted by Gasteiger charge is 2.13. The minimum atomic E-state index is -0.603. The third kappa shape index (κ3) is 5.67. The molecule has 0 aromatic heterocycles. The molecule has 5 nitrogen and oxygen atoms in total. The van der Waals surface area contributed by atoms with E-state index < -0.39 is 5.97 Å². The molecule has 146 valence electrons. The fourth-order valence-corrected chi connectivity index (χ4v) is 2.98. The molecular formula is C22H16Cl2N2O3. The van der Waals surface area contributed by atoms with Gasteiger partial charge >= 0.3 is 5.97 Å². The number of nitrogens with one attached hydrogen (secondary N) is 1. The standard InChI is InChI=1S/C22H16Cl2N2O3/c1-14-4-2-6-16(10-14)21(27)26-25-13-15-5-3-7-18(11-15)29-22(28)19-9-8-17(23)12-20(19)24/h2-13H,1H3,(H,26,27). The van der Waals surface area contributed by atoms with Crippen LogP contribution in [-0.4, -0.2) is 18.1 Å². The molecule has 0 unspecified atom stereocenters. The van der Waals surface area contributed by atoms with Crippen molar-refractivity contribution in [3.63, 3.8) is 0 Å². The lowest BCUT2D eigenvalue weighted by Crippen LogP contribution is -2.17. The topological polar surface area (TPSA) is 67.8 Å². The first-order valence-corrected chi connectivity index (χ1v) is 9.35. The zero-order chi connectivity index (χ0) is 20.8. The Morgan fingerprint density at radius 3 is 2.55 bits per heavy atom. The Kier molecular flexibility index (Phi) is 6.65.